The van der Waals surface area contributed by atoms with E-state index in [1.807, 2.05) is 81.5 Å². The third-order valence-corrected chi connectivity index (χ3v) is 24.1. The Bertz CT molecular complexity index is 6190. The van der Waals surface area contributed by atoms with Gasteiger partial charge in [-0.1, -0.05) is 44.9 Å². The Morgan fingerprint density at radius 3 is 1.24 bits per heavy atom. The molecule has 2 aliphatic heterocycles. The zero-order valence-electron chi connectivity index (χ0n) is 64.9. The Hall–Kier alpha value is -11.5. The summed E-state index contributed by atoms with van der Waals surface area (Å²) in [5.74, 6) is 8.53. The number of nitrogens with zero attached hydrogens (tertiary/aromatic N) is 10. The van der Waals surface area contributed by atoms with E-state index in [1.165, 1.54) is 77.5 Å². The summed E-state index contributed by atoms with van der Waals surface area (Å²) in [7, 11) is -3.41. The number of hydrogen-bond donors (Lipinski definition) is 7. The van der Waals surface area contributed by atoms with Crippen LogP contribution >= 0.6 is 0 Å². The van der Waals surface area contributed by atoms with Crippen molar-refractivity contribution in [3.63, 3.8) is 0 Å². The fourth-order valence-electron chi connectivity index (χ4n) is 16.0. The first-order valence-corrected chi connectivity index (χ1v) is 39.7. The van der Waals surface area contributed by atoms with E-state index < -0.39 is 10.0 Å². The number of aliphatic imine (C=N–C) groups is 2. The van der Waals surface area contributed by atoms with Gasteiger partial charge in [0.15, 0.2) is 0 Å². The molecule has 4 saturated carbocycles. The summed E-state index contributed by atoms with van der Waals surface area (Å²) in [6, 6.07) is 25.7. The standard InChI is InChI=1S/C22H25N5O.C22H21N3O.C21H23N5O3S.C21H22N4O/c1-11-9-23-12(2)19(11)17-7-16(20-13(3)27-28-14(20)4)8-18-21(17)26-22(25-18)24-10-15-5-6-15;1-12-6-4-5-7-17(12)18-10-16(20-13(2)25-26-14(20)3)11-19-21(18)24-22(23-19)15-8-9-15;1-10-9-22-11(2)18(10)16-7-14(19-12(3)25-29-13(19)4)8-17-20(16)24-21(23-17)26-30(27,28)15-5-6-15;1-10-9-22-11(2)18(10)16-7-15(19-12(3)25-26-13(19)4)8-17-20(16)24-21(23-17)14-5-6-14/h7-8,15H,5-6,9-10H2,1-4H3,(H2,24,25,26);4-7,10-11,15H,8-9H2,1-3H3,(H,23,24);7-9,15,22H,5-6H2,1-4H3,(H2,23,24,26);7-8,14H,5-6,9H2,1-4H3,(H,23,24). The van der Waals surface area contributed by atoms with Crippen LogP contribution in [0.5, 0.6) is 0 Å². The van der Waals surface area contributed by atoms with Gasteiger partial charge in [0, 0.05) is 103 Å². The summed E-state index contributed by atoms with van der Waals surface area (Å²) in [6.45, 7) is 32.9. The molecule has 6 aliphatic rings. The SMILES string of the molecule is CC1=NCC(C)=C1c1cc(-c2c(C)noc2C)cc2[nH]c(C3CC3)nc12.CC1=NCC(C)=C1c1cc(-c2c(C)noc2C)cc2[nH]c(NCC3CC3)nc12.Cc1c[nH]c(C)c1-c1cc(-c2c(C)noc2C)cc2[nH]c(NS(=O)(=O)C3CC3)nc12.Cc1ccccc1-c1cc(-c2c(C)noc2C)cc2[nH]c(C3CC3)nc12. The molecule has 23 nitrogen and oxygen atoms in total. The molecule has 4 fully saturated rings. The molecule has 0 bridgehead atoms. The molecule has 4 aliphatic carbocycles. The summed E-state index contributed by atoms with van der Waals surface area (Å²) in [5, 5.41) is 19.6. The summed E-state index contributed by atoms with van der Waals surface area (Å²) >= 11 is 0. The van der Waals surface area contributed by atoms with Crippen LogP contribution in [0.1, 0.15) is 176 Å². The number of aryl methyl sites for hydroxylation is 11. The normalized spacial score (nSPS) is 15.8. The minimum Gasteiger partial charge on any atom is -0.364 e. The third kappa shape index (κ3) is 13.6. The number of rotatable bonds is 16. The van der Waals surface area contributed by atoms with Crippen LogP contribution in [-0.4, -0.2) is 110 Å². The molecule has 7 N–H and O–H groups in total. The van der Waals surface area contributed by atoms with Gasteiger partial charge in [-0.05, 0) is 260 Å². The molecule has 9 aromatic heterocycles. The summed E-state index contributed by atoms with van der Waals surface area (Å²) in [6.07, 6.45) is 10.9. The van der Waals surface area contributed by atoms with Gasteiger partial charge in [0.1, 0.15) is 34.7 Å². The minimum absolute atomic E-state index is 0.236. The minimum atomic E-state index is -3.41. The lowest BCUT2D eigenvalue weighted by Gasteiger charge is -2.10. The number of fused-ring (bicyclic) bond motifs is 4. The zero-order valence-corrected chi connectivity index (χ0v) is 65.7. The van der Waals surface area contributed by atoms with E-state index in [2.05, 4.69) is 172 Å². The summed E-state index contributed by atoms with van der Waals surface area (Å²) in [5.41, 5.74) is 36.9. The Balaban J connectivity index is 0.000000107. The van der Waals surface area contributed by atoms with Gasteiger partial charge in [0.25, 0.3) is 0 Å². The number of aromatic nitrogens is 13. The van der Waals surface area contributed by atoms with Gasteiger partial charge in [-0.25, -0.2) is 28.4 Å². The highest BCUT2D eigenvalue weighted by atomic mass is 32.2. The fraction of sp³-hybridized carbons (Fsp3) is 0.349. The molecule has 0 spiro atoms. The molecular formula is C86H91N17O6S. The van der Waals surface area contributed by atoms with Crippen molar-refractivity contribution >= 4 is 88.6 Å². The number of imidazole rings is 4. The number of hydrogen-bond acceptors (Lipinski definition) is 17. The maximum atomic E-state index is 12.4. The average Bonchev–Trinajstić information content (AvgIpc) is 1.60. The van der Waals surface area contributed by atoms with Gasteiger partial charge in [0.05, 0.1) is 85.2 Å². The van der Waals surface area contributed by atoms with Crippen LogP contribution in [0.3, 0.4) is 0 Å². The molecule has 562 valence electrons. The second-order valence-electron chi connectivity index (χ2n) is 31.0. The molecule has 0 unspecified atom stereocenters. The number of aromatic amines is 5. The van der Waals surface area contributed by atoms with E-state index in [0.717, 1.165) is 217 Å². The molecule has 0 saturated heterocycles. The van der Waals surface area contributed by atoms with Crippen LogP contribution < -0.4 is 10.0 Å². The smallest absolute Gasteiger partial charge is 0.237 e. The Morgan fingerprint density at radius 2 is 0.836 bits per heavy atom. The third-order valence-electron chi connectivity index (χ3n) is 22.3. The van der Waals surface area contributed by atoms with Crippen molar-refractivity contribution in [3.05, 3.63) is 176 Å². The first-order chi connectivity index (χ1) is 52.9. The van der Waals surface area contributed by atoms with E-state index in [-0.39, 0.29) is 11.2 Å². The van der Waals surface area contributed by atoms with Gasteiger partial charge in [-0.3, -0.25) is 14.7 Å². The molecule has 11 heterocycles. The second-order valence-corrected chi connectivity index (χ2v) is 33.0. The first-order valence-electron chi connectivity index (χ1n) is 38.2. The molecule has 14 aromatic rings. The lowest BCUT2D eigenvalue weighted by Crippen LogP contribution is -2.18. The van der Waals surface area contributed by atoms with Gasteiger partial charge >= 0.3 is 0 Å². The Kier molecular flexibility index (Phi) is 18.1. The van der Waals surface area contributed by atoms with Crippen LogP contribution in [0.2, 0.25) is 0 Å². The van der Waals surface area contributed by atoms with E-state index >= 15 is 0 Å². The molecule has 0 amide bonds. The summed E-state index contributed by atoms with van der Waals surface area (Å²) in [4.78, 5) is 45.8. The van der Waals surface area contributed by atoms with Crippen molar-refractivity contribution in [1.29, 1.82) is 0 Å². The van der Waals surface area contributed by atoms with Crippen LogP contribution in [0.4, 0.5) is 11.9 Å². The second kappa shape index (κ2) is 27.9. The number of H-pyrrole nitrogens is 5. The topological polar surface area (TPSA) is 318 Å². The molecule has 0 atom stereocenters. The molecule has 0 radical (unpaired) electrons. The highest BCUT2D eigenvalue weighted by Crippen LogP contribution is 2.46. The quantitative estimate of drug-likeness (QED) is 0.0473. The molecule has 20 rings (SSSR count). The first kappa shape index (κ1) is 71.4. The van der Waals surface area contributed by atoms with Crippen LogP contribution in [-0.2, 0) is 10.0 Å². The van der Waals surface area contributed by atoms with Crippen molar-refractivity contribution in [2.75, 3.05) is 29.7 Å². The Morgan fingerprint density at radius 1 is 0.427 bits per heavy atom. The van der Waals surface area contributed by atoms with Gasteiger partial charge < -0.3 is 48.3 Å². The zero-order chi connectivity index (χ0) is 76.5. The van der Waals surface area contributed by atoms with Crippen molar-refractivity contribution in [3.8, 4) is 66.8 Å². The van der Waals surface area contributed by atoms with Gasteiger partial charge in [0.2, 0.25) is 21.9 Å². The number of allylic oxidation sites excluding steroid dienone is 2. The highest BCUT2D eigenvalue weighted by molar-refractivity contribution is 7.93. The van der Waals surface area contributed by atoms with Crippen LogP contribution in [0.25, 0.3) is 122 Å². The van der Waals surface area contributed by atoms with Crippen molar-refractivity contribution in [1.82, 2.24) is 65.5 Å². The van der Waals surface area contributed by atoms with Gasteiger partial charge in [-0.15, -0.1) is 0 Å². The number of sulfonamides is 1. The van der Waals surface area contributed by atoms with Crippen LogP contribution in [0.15, 0.2) is 118 Å². The predicted molar refractivity (Wildman–Crippen MR) is 436 cm³/mol. The van der Waals surface area contributed by atoms with E-state index in [4.69, 9.17) is 33.0 Å². The number of anilines is 2. The maximum absolute atomic E-state index is 12.4. The average molecular weight is 1490 g/mol. The molecule has 5 aromatic carbocycles. The van der Waals surface area contributed by atoms with Crippen molar-refractivity contribution < 1.29 is 26.5 Å². The highest BCUT2D eigenvalue weighted by Gasteiger charge is 2.37. The van der Waals surface area contributed by atoms with Crippen molar-refractivity contribution in [2.24, 2.45) is 15.9 Å². The van der Waals surface area contributed by atoms with Gasteiger partial charge in [-0.2, -0.15) is 0 Å². The molecular weight excluding hydrogens is 1400 g/mol. The number of nitrogens with one attached hydrogen (secondary N) is 7. The fourth-order valence-corrected chi connectivity index (χ4v) is 17.3. The van der Waals surface area contributed by atoms with Crippen LogP contribution in [0, 0.1) is 82.1 Å². The van der Waals surface area contributed by atoms with Crippen molar-refractivity contribution in [2.45, 2.75) is 172 Å². The van der Waals surface area contributed by atoms with E-state index in [9.17, 15) is 8.42 Å². The molecule has 110 heavy (non-hydrogen) atoms. The summed E-state index contributed by atoms with van der Waals surface area (Å²) < 4.78 is 49.0. The largest absolute Gasteiger partial charge is 0.364 e. The van der Waals surface area contributed by atoms with E-state index in [1.54, 1.807) is 0 Å². The lowest BCUT2D eigenvalue weighted by molar-refractivity contribution is 0.393. The lowest BCUT2D eigenvalue weighted by atomic mass is 9.93. The Labute approximate surface area is 637 Å². The monoisotopic (exact) mass is 1490 g/mol. The maximum Gasteiger partial charge on any atom is 0.237 e. The predicted octanol–water partition coefficient (Wildman–Crippen LogP) is 19.9. The van der Waals surface area contributed by atoms with E-state index in [0.29, 0.717) is 30.2 Å². The molecule has 24 heteroatoms. The number of benzene rings is 5.